The number of esters is 1. The average molecular weight is 487 g/mol. The predicted octanol–water partition coefficient (Wildman–Crippen LogP) is 2.83. The van der Waals surface area contributed by atoms with Crippen LogP contribution < -0.4 is 20.1 Å². The Morgan fingerprint density at radius 3 is 2.40 bits per heavy atom. The van der Waals surface area contributed by atoms with Gasteiger partial charge in [-0.2, -0.15) is 0 Å². The summed E-state index contributed by atoms with van der Waals surface area (Å²) >= 11 is 0. The van der Waals surface area contributed by atoms with E-state index in [9.17, 15) is 9.59 Å². The first-order valence-electron chi connectivity index (χ1n) is 12.7. The molecular formula is C26H38N4O5. The first-order chi connectivity index (χ1) is 17.0. The van der Waals surface area contributed by atoms with Gasteiger partial charge >= 0.3 is 12.0 Å². The number of benzene rings is 1. The number of likely N-dealkylation sites (tertiary alicyclic amines) is 2. The van der Waals surface area contributed by atoms with Crippen molar-refractivity contribution >= 4 is 12.0 Å². The summed E-state index contributed by atoms with van der Waals surface area (Å²) in [5.41, 5.74) is 1.75. The maximum atomic E-state index is 13.1. The molecule has 3 heterocycles. The van der Waals surface area contributed by atoms with Crippen molar-refractivity contribution < 1.29 is 23.8 Å². The van der Waals surface area contributed by atoms with E-state index in [0.717, 1.165) is 31.5 Å². The van der Waals surface area contributed by atoms with Crippen LogP contribution in [0.2, 0.25) is 0 Å². The molecule has 0 saturated carbocycles. The molecule has 3 aliphatic rings. The zero-order chi connectivity index (χ0) is 24.8. The highest BCUT2D eigenvalue weighted by Gasteiger charge is 2.35. The van der Waals surface area contributed by atoms with Crippen LogP contribution in [0.5, 0.6) is 11.5 Å². The van der Waals surface area contributed by atoms with Crippen LogP contribution in [0.4, 0.5) is 4.79 Å². The Labute approximate surface area is 207 Å². The molecule has 2 amide bonds. The largest absolute Gasteiger partial charge is 0.493 e. The van der Waals surface area contributed by atoms with E-state index in [1.807, 2.05) is 6.07 Å². The summed E-state index contributed by atoms with van der Waals surface area (Å²) in [7, 11) is 3.13. The highest BCUT2D eigenvalue weighted by molar-refractivity contribution is 5.95. The van der Waals surface area contributed by atoms with Gasteiger partial charge in [0.25, 0.3) is 0 Å². The van der Waals surface area contributed by atoms with Gasteiger partial charge in [-0.3, -0.25) is 4.90 Å². The van der Waals surface area contributed by atoms with Crippen molar-refractivity contribution in [2.24, 2.45) is 0 Å². The maximum Gasteiger partial charge on any atom is 0.338 e. The van der Waals surface area contributed by atoms with Crippen LogP contribution in [0.15, 0.2) is 29.5 Å². The predicted molar refractivity (Wildman–Crippen MR) is 132 cm³/mol. The highest BCUT2D eigenvalue weighted by atomic mass is 16.5. The zero-order valence-electron chi connectivity index (χ0n) is 21.1. The van der Waals surface area contributed by atoms with Crippen molar-refractivity contribution in [3.8, 4) is 11.5 Å². The molecule has 4 rings (SSSR count). The maximum absolute atomic E-state index is 13.1. The Morgan fingerprint density at radius 2 is 1.74 bits per heavy atom. The molecule has 9 heteroatoms. The van der Waals surface area contributed by atoms with Gasteiger partial charge in [-0.05, 0) is 63.4 Å². The second kappa shape index (κ2) is 11.8. The third kappa shape index (κ3) is 5.90. The van der Waals surface area contributed by atoms with Crippen LogP contribution in [0.3, 0.4) is 0 Å². The van der Waals surface area contributed by atoms with Crippen LogP contribution in [-0.4, -0.2) is 81.4 Å². The van der Waals surface area contributed by atoms with Gasteiger partial charge in [-0.1, -0.05) is 12.5 Å². The average Bonchev–Trinajstić information content (AvgIpc) is 2.89. The number of ether oxygens (including phenoxy) is 3. The number of carbonyl (C=O) groups is 2. The molecular weight excluding hydrogens is 448 g/mol. The quantitative estimate of drug-likeness (QED) is 0.546. The number of nitrogens with one attached hydrogen (secondary N) is 2. The van der Waals surface area contributed by atoms with Gasteiger partial charge < -0.3 is 29.7 Å². The van der Waals surface area contributed by atoms with Crippen molar-refractivity contribution in [1.29, 1.82) is 0 Å². The summed E-state index contributed by atoms with van der Waals surface area (Å²) in [5, 5.41) is 5.80. The molecule has 2 fully saturated rings. The van der Waals surface area contributed by atoms with Crippen LogP contribution >= 0.6 is 0 Å². The van der Waals surface area contributed by atoms with Crippen LogP contribution in [0, 0.1) is 0 Å². The van der Waals surface area contributed by atoms with Gasteiger partial charge in [-0.25, -0.2) is 9.59 Å². The molecule has 2 saturated heterocycles. The van der Waals surface area contributed by atoms with Gasteiger partial charge in [0.1, 0.15) is 0 Å². The number of urea groups is 1. The number of carbonyl (C=O) groups excluding carboxylic acids is 2. The number of piperidine rings is 2. The SMILES string of the molecule is CCOC(=O)C1=C(CN2CCC(N3CCCCC3)CC2)NC(=O)N[C@@H]1c1ccc(OC)c(OC)c1. The molecule has 0 bridgehead atoms. The Bertz CT molecular complexity index is 936. The minimum absolute atomic E-state index is 0.253. The number of nitrogens with zero attached hydrogens (tertiary/aromatic N) is 2. The van der Waals surface area contributed by atoms with E-state index < -0.39 is 12.0 Å². The van der Waals surface area contributed by atoms with E-state index in [-0.39, 0.29) is 12.6 Å². The first kappa shape index (κ1) is 25.3. The summed E-state index contributed by atoms with van der Waals surface area (Å²) in [6.07, 6.45) is 6.15. The highest BCUT2D eigenvalue weighted by Crippen LogP contribution is 2.35. The number of methoxy groups -OCH3 is 2. The van der Waals surface area contributed by atoms with Gasteiger partial charge in [-0.15, -0.1) is 0 Å². The van der Waals surface area contributed by atoms with Gasteiger partial charge in [0.15, 0.2) is 11.5 Å². The smallest absolute Gasteiger partial charge is 0.338 e. The minimum Gasteiger partial charge on any atom is -0.493 e. The second-order valence-electron chi connectivity index (χ2n) is 9.36. The van der Waals surface area contributed by atoms with Crippen molar-refractivity contribution in [2.75, 3.05) is 53.6 Å². The number of hydrogen-bond donors (Lipinski definition) is 2. The van der Waals surface area contributed by atoms with Crippen molar-refractivity contribution in [3.63, 3.8) is 0 Å². The van der Waals surface area contributed by atoms with E-state index in [1.54, 1.807) is 33.3 Å². The van der Waals surface area contributed by atoms with Crippen LogP contribution in [0.25, 0.3) is 0 Å². The normalized spacial score (nSPS) is 22.4. The van der Waals surface area contributed by atoms with Crippen molar-refractivity contribution in [3.05, 3.63) is 35.0 Å². The van der Waals surface area contributed by atoms with Crippen LogP contribution in [-0.2, 0) is 9.53 Å². The Balaban J connectivity index is 1.56. The molecule has 0 aromatic heterocycles. The van der Waals surface area contributed by atoms with Crippen molar-refractivity contribution in [2.45, 2.75) is 51.1 Å². The van der Waals surface area contributed by atoms with Crippen molar-refractivity contribution in [1.82, 2.24) is 20.4 Å². The summed E-state index contributed by atoms with van der Waals surface area (Å²) in [5.74, 6) is 0.676. The molecule has 0 spiro atoms. The molecule has 192 valence electrons. The molecule has 35 heavy (non-hydrogen) atoms. The lowest BCUT2D eigenvalue weighted by atomic mass is 9.94. The first-order valence-corrected chi connectivity index (χ1v) is 12.7. The Hall–Kier alpha value is -2.78. The minimum atomic E-state index is -0.650. The molecule has 9 nitrogen and oxygen atoms in total. The van der Waals surface area contributed by atoms with E-state index in [2.05, 4.69) is 20.4 Å². The van der Waals surface area contributed by atoms with E-state index in [1.165, 1.54) is 32.4 Å². The van der Waals surface area contributed by atoms with Crippen LogP contribution in [0.1, 0.15) is 50.6 Å². The summed E-state index contributed by atoms with van der Waals surface area (Å²) < 4.78 is 16.2. The third-order valence-corrected chi connectivity index (χ3v) is 7.24. The van der Waals surface area contributed by atoms with Gasteiger partial charge in [0.2, 0.25) is 0 Å². The Kier molecular flexibility index (Phi) is 8.51. The molecule has 1 atom stereocenters. The topological polar surface area (TPSA) is 92.4 Å². The molecule has 0 unspecified atom stereocenters. The third-order valence-electron chi connectivity index (χ3n) is 7.24. The summed E-state index contributed by atoms with van der Waals surface area (Å²) in [6, 6.07) is 5.04. The number of amides is 2. The lowest BCUT2D eigenvalue weighted by molar-refractivity contribution is -0.139. The lowest BCUT2D eigenvalue weighted by Gasteiger charge is -2.41. The fourth-order valence-electron chi connectivity index (χ4n) is 5.42. The number of rotatable bonds is 8. The van der Waals surface area contributed by atoms with E-state index >= 15 is 0 Å². The molecule has 1 aromatic rings. The van der Waals surface area contributed by atoms with Gasteiger partial charge in [0.05, 0.1) is 32.4 Å². The molecule has 2 N–H and O–H groups in total. The monoisotopic (exact) mass is 486 g/mol. The fourth-order valence-corrected chi connectivity index (χ4v) is 5.42. The zero-order valence-corrected chi connectivity index (χ0v) is 21.1. The molecule has 0 aliphatic carbocycles. The summed E-state index contributed by atoms with van der Waals surface area (Å²) in [6.45, 7) is 6.82. The lowest BCUT2D eigenvalue weighted by Crippen LogP contribution is -2.51. The van der Waals surface area contributed by atoms with Gasteiger partial charge in [0, 0.05) is 31.4 Å². The molecule has 3 aliphatic heterocycles. The van der Waals surface area contributed by atoms with E-state index in [0.29, 0.717) is 35.4 Å². The standard InChI is InChI=1S/C26H38N4O5/c1-4-35-25(31)23-20(17-29-14-10-19(11-15-29)30-12-6-5-7-13-30)27-26(32)28-24(23)18-8-9-21(33-2)22(16-18)34-3/h8-9,16,19,24H,4-7,10-15,17H2,1-3H3,(H2,27,28,32)/t24-/m1/s1. The number of hydrogen-bond acceptors (Lipinski definition) is 7. The molecule has 0 radical (unpaired) electrons. The molecule has 1 aromatic carbocycles. The van der Waals surface area contributed by atoms with E-state index in [4.69, 9.17) is 14.2 Å². The fraction of sp³-hybridized carbons (Fsp3) is 0.615. The Morgan fingerprint density at radius 1 is 1.03 bits per heavy atom. The second-order valence-corrected chi connectivity index (χ2v) is 9.36. The summed E-state index contributed by atoms with van der Waals surface area (Å²) in [4.78, 5) is 30.8.